The van der Waals surface area contributed by atoms with Crippen molar-refractivity contribution in [2.24, 2.45) is 5.92 Å². The zero-order chi connectivity index (χ0) is 14.9. The summed E-state index contributed by atoms with van der Waals surface area (Å²) in [6.07, 6.45) is 2.89. The molecule has 0 bridgehead atoms. The Morgan fingerprint density at radius 1 is 1.41 bits per heavy atom. The minimum absolute atomic E-state index is 0.391. The Bertz CT molecular complexity index is 666. The SMILES string of the molecule is Cc1cccc2c1OCC[C@H]2NC[C@H]1CNc2ccnn2C1. The molecule has 5 nitrogen and oxygen atoms in total. The molecule has 2 atom stereocenters. The average Bonchev–Trinajstić information content (AvgIpc) is 3.01. The van der Waals surface area contributed by atoms with Crippen LogP contribution in [-0.4, -0.2) is 29.5 Å². The summed E-state index contributed by atoms with van der Waals surface area (Å²) in [6.45, 7) is 5.88. The molecule has 0 saturated heterocycles. The maximum atomic E-state index is 5.85. The van der Waals surface area contributed by atoms with Crippen LogP contribution in [0.25, 0.3) is 0 Å². The van der Waals surface area contributed by atoms with Crippen LogP contribution in [0.3, 0.4) is 0 Å². The largest absolute Gasteiger partial charge is 0.493 e. The van der Waals surface area contributed by atoms with Gasteiger partial charge in [0.2, 0.25) is 0 Å². The number of rotatable bonds is 3. The van der Waals surface area contributed by atoms with Crippen molar-refractivity contribution in [2.45, 2.75) is 25.9 Å². The predicted octanol–water partition coefficient (Wildman–Crippen LogP) is 2.35. The van der Waals surface area contributed by atoms with Crippen LogP contribution in [-0.2, 0) is 6.54 Å². The number of nitrogens with one attached hydrogen (secondary N) is 2. The summed E-state index contributed by atoms with van der Waals surface area (Å²) in [5, 5.41) is 11.5. The number of hydrogen-bond acceptors (Lipinski definition) is 4. The molecular formula is C17H22N4O. The molecule has 0 spiro atoms. The van der Waals surface area contributed by atoms with E-state index in [9.17, 15) is 0 Å². The molecule has 1 aromatic carbocycles. The maximum Gasteiger partial charge on any atom is 0.126 e. The standard InChI is InChI=1S/C17H22N4O/c1-12-3-2-4-14-15(6-8-22-17(12)14)18-9-13-10-19-16-5-7-20-21(16)11-13/h2-5,7,13,15,18-19H,6,8-11H2,1H3/t13-,15+/m0/s1. The van der Waals surface area contributed by atoms with Crippen molar-refractivity contribution in [3.8, 4) is 5.75 Å². The van der Waals surface area contributed by atoms with Gasteiger partial charge in [-0.1, -0.05) is 18.2 Å². The van der Waals surface area contributed by atoms with E-state index in [1.54, 1.807) is 0 Å². The van der Waals surface area contributed by atoms with Gasteiger partial charge in [0.05, 0.1) is 12.8 Å². The van der Waals surface area contributed by atoms with Gasteiger partial charge in [0, 0.05) is 49.6 Å². The lowest BCUT2D eigenvalue weighted by Gasteiger charge is -2.31. The molecule has 0 fully saturated rings. The van der Waals surface area contributed by atoms with E-state index in [1.165, 1.54) is 11.1 Å². The Balaban J connectivity index is 1.42. The molecule has 2 aliphatic rings. The monoisotopic (exact) mass is 298 g/mol. The summed E-state index contributed by atoms with van der Waals surface area (Å²) in [5.74, 6) is 2.76. The van der Waals surface area contributed by atoms with E-state index in [2.05, 4.69) is 45.5 Å². The van der Waals surface area contributed by atoms with Crippen LogP contribution in [0.1, 0.15) is 23.6 Å². The van der Waals surface area contributed by atoms with Crippen molar-refractivity contribution >= 4 is 5.82 Å². The van der Waals surface area contributed by atoms with Gasteiger partial charge >= 0.3 is 0 Å². The molecule has 116 valence electrons. The zero-order valence-corrected chi connectivity index (χ0v) is 12.9. The van der Waals surface area contributed by atoms with Crippen molar-refractivity contribution in [1.82, 2.24) is 15.1 Å². The fourth-order valence-electron chi connectivity index (χ4n) is 3.43. The van der Waals surface area contributed by atoms with Crippen molar-refractivity contribution in [3.05, 3.63) is 41.6 Å². The van der Waals surface area contributed by atoms with Crippen molar-refractivity contribution < 1.29 is 4.74 Å². The maximum absolute atomic E-state index is 5.85. The smallest absolute Gasteiger partial charge is 0.126 e. The van der Waals surface area contributed by atoms with E-state index < -0.39 is 0 Å². The summed E-state index contributed by atoms with van der Waals surface area (Å²) < 4.78 is 7.90. The molecule has 22 heavy (non-hydrogen) atoms. The number of aryl methyl sites for hydroxylation is 1. The second-order valence-electron chi connectivity index (χ2n) is 6.24. The first-order chi connectivity index (χ1) is 10.8. The van der Waals surface area contributed by atoms with E-state index >= 15 is 0 Å². The van der Waals surface area contributed by atoms with Gasteiger partial charge in [0.1, 0.15) is 11.6 Å². The first-order valence-electron chi connectivity index (χ1n) is 8.02. The zero-order valence-electron chi connectivity index (χ0n) is 12.9. The van der Waals surface area contributed by atoms with Gasteiger partial charge in [-0.05, 0) is 12.5 Å². The lowest BCUT2D eigenvalue weighted by atomic mass is 9.97. The summed E-state index contributed by atoms with van der Waals surface area (Å²) >= 11 is 0. The molecule has 2 aromatic rings. The molecule has 0 amide bonds. The van der Waals surface area contributed by atoms with E-state index in [0.717, 1.165) is 44.2 Å². The van der Waals surface area contributed by atoms with Crippen LogP contribution in [0.2, 0.25) is 0 Å². The van der Waals surface area contributed by atoms with Crippen LogP contribution in [0, 0.1) is 12.8 Å². The molecule has 5 heteroatoms. The highest BCUT2D eigenvalue weighted by Crippen LogP contribution is 2.34. The van der Waals surface area contributed by atoms with Crippen LogP contribution in [0.5, 0.6) is 5.75 Å². The number of hydrogen-bond donors (Lipinski definition) is 2. The number of benzene rings is 1. The molecule has 3 heterocycles. The topological polar surface area (TPSA) is 51.1 Å². The van der Waals surface area contributed by atoms with Gasteiger partial charge in [-0.2, -0.15) is 5.10 Å². The first kappa shape index (κ1) is 13.6. The molecule has 0 aliphatic carbocycles. The summed E-state index contributed by atoms with van der Waals surface area (Å²) in [6, 6.07) is 8.84. The van der Waals surface area contributed by atoms with Gasteiger partial charge < -0.3 is 15.4 Å². The third-order valence-corrected chi connectivity index (χ3v) is 4.64. The number of ether oxygens (including phenoxy) is 1. The molecule has 4 rings (SSSR count). The molecule has 0 unspecified atom stereocenters. The molecule has 1 aromatic heterocycles. The van der Waals surface area contributed by atoms with Gasteiger partial charge in [-0.25, -0.2) is 4.68 Å². The predicted molar refractivity (Wildman–Crippen MR) is 86.2 cm³/mol. The van der Waals surface area contributed by atoms with Crippen molar-refractivity contribution in [1.29, 1.82) is 0 Å². The highest BCUT2D eigenvalue weighted by molar-refractivity contribution is 5.43. The molecule has 0 radical (unpaired) electrons. The van der Waals surface area contributed by atoms with E-state index in [1.807, 2.05) is 12.3 Å². The quantitative estimate of drug-likeness (QED) is 0.913. The lowest BCUT2D eigenvalue weighted by molar-refractivity contribution is 0.244. The Morgan fingerprint density at radius 2 is 2.36 bits per heavy atom. The second kappa shape index (κ2) is 5.65. The number of fused-ring (bicyclic) bond motifs is 2. The number of anilines is 1. The van der Waals surface area contributed by atoms with E-state index in [4.69, 9.17) is 4.74 Å². The van der Waals surface area contributed by atoms with Crippen LogP contribution in [0.15, 0.2) is 30.5 Å². The third kappa shape index (κ3) is 2.46. The summed E-state index contributed by atoms with van der Waals surface area (Å²) in [5.41, 5.74) is 2.53. The number of nitrogens with zero attached hydrogens (tertiary/aromatic N) is 2. The van der Waals surface area contributed by atoms with E-state index in [-0.39, 0.29) is 0 Å². The lowest BCUT2D eigenvalue weighted by Crippen LogP contribution is -2.38. The molecule has 0 saturated carbocycles. The van der Waals surface area contributed by atoms with Crippen molar-refractivity contribution in [3.63, 3.8) is 0 Å². The fourth-order valence-corrected chi connectivity index (χ4v) is 3.43. The second-order valence-corrected chi connectivity index (χ2v) is 6.24. The molecule has 2 N–H and O–H groups in total. The molecular weight excluding hydrogens is 276 g/mol. The Morgan fingerprint density at radius 3 is 3.32 bits per heavy atom. The number of aromatic nitrogens is 2. The summed E-state index contributed by atoms with van der Waals surface area (Å²) in [7, 11) is 0. The van der Waals surface area contributed by atoms with Gasteiger partial charge in [-0.15, -0.1) is 0 Å². The minimum atomic E-state index is 0.391. The Hall–Kier alpha value is -2.01. The van der Waals surface area contributed by atoms with Crippen molar-refractivity contribution in [2.75, 3.05) is 25.0 Å². The number of para-hydroxylation sites is 1. The minimum Gasteiger partial charge on any atom is -0.493 e. The average molecular weight is 298 g/mol. The first-order valence-corrected chi connectivity index (χ1v) is 8.02. The van der Waals surface area contributed by atoms with Gasteiger partial charge in [0.25, 0.3) is 0 Å². The van der Waals surface area contributed by atoms with Gasteiger partial charge in [-0.3, -0.25) is 0 Å². The summed E-state index contributed by atoms with van der Waals surface area (Å²) in [4.78, 5) is 0. The highest BCUT2D eigenvalue weighted by Gasteiger charge is 2.24. The van der Waals surface area contributed by atoms with Crippen LogP contribution < -0.4 is 15.4 Å². The fraction of sp³-hybridized carbons (Fsp3) is 0.471. The molecule has 2 aliphatic heterocycles. The normalized spacial score (nSPS) is 23.1. The highest BCUT2D eigenvalue weighted by atomic mass is 16.5. The van der Waals surface area contributed by atoms with Crippen LogP contribution >= 0.6 is 0 Å². The Kier molecular flexibility index (Phi) is 3.50. The van der Waals surface area contributed by atoms with E-state index in [0.29, 0.717) is 12.0 Å². The van der Waals surface area contributed by atoms with Crippen LogP contribution in [0.4, 0.5) is 5.82 Å². The Labute approximate surface area is 130 Å². The third-order valence-electron chi connectivity index (χ3n) is 4.64. The van der Waals surface area contributed by atoms with Gasteiger partial charge in [0.15, 0.2) is 0 Å².